The van der Waals surface area contributed by atoms with Crippen molar-refractivity contribution in [2.45, 2.75) is 38.1 Å². The number of sulfonamides is 1. The fourth-order valence-electron chi connectivity index (χ4n) is 3.64. The van der Waals surface area contributed by atoms with Crippen LogP contribution in [0.25, 0.3) is 10.6 Å². The normalized spacial score (nSPS) is 14.8. The summed E-state index contributed by atoms with van der Waals surface area (Å²) >= 11 is 1.32. The summed E-state index contributed by atoms with van der Waals surface area (Å²) in [5, 5.41) is 17.2. The van der Waals surface area contributed by atoms with E-state index in [1.807, 2.05) is 13.8 Å². The molecule has 1 aliphatic heterocycles. The Morgan fingerprint density at radius 2 is 1.97 bits per heavy atom. The number of amidine groups is 1. The maximum atomic E-state index is 13.4. The Morgan fingerprint density at radius 3 is 2.61 bits per heavy atom. The molecule has 2 aromatic heterocycles. The van der Waals surface area contributed by atoms with Gasteiger partial charge in [0.05, 0.1) is 16.3 Å². The summed E-state index contributed by atoms with van der Waals surface area (Å²) in [5.41, 5.74) is -0.192. The van der Waals surface area contributed by atoms with Gasteiger partial charge < -0.3 is 5.11 Å². The Hall–Kier alpha value is -3.03. The van der Waals surface area contributed by atoms with E-state index in [0.717, 1.165) is 6.26 Å². The summed E-state index contributed by atoms with van der Waals surface area (Å²) in [6.45, 7) is 4.29. The highest BCUT2D eigenvalue weighted by Gasteiger charge is 2.31. The average Bonchev–Trinajstić information content (AvgIpc) is 3.31. The molecule has 192 valence electrons. The lowest BCUT2D eigenvalue weighted by molar-refractivity contribution is 0.444. The maximum Gasteiger partial charge on any atom is 0.281 e. The third-order valence-corrected chi connectivity index (χ3v) is 8.77. The van der Waals surface area contributed by atoms with Gasteiger partial charge in [0.2, 0.25) is 0 Å². The summed E-state index contributed by atoms with van der Waals surface area (Å²) in [6.07, 6.45) is 1.91. The summed E-state index contributed by atoms with van der Waals surface area (Å²) < 4.78 is 52.8. The zero-order valence-corrected chi connectivity index (χ0v) is 22.4. The van der Waals surface area contributed by atoms with E-state index in [1.54, 1.807) is 23.6 Å². The van der Waals surface area contributed by atoms with Crippen LogP contribution in [-0.4, -0.2) is 49.6 Å². The highest BCUT2D eigenvalue weighted by atomic mass is 32.2. The molecule has 0 aliphatic carbocycles. The number of aliphatic imine (C=N–C) groups is 1. The van der Waals surface area contributed by atoms with Crippen molar-refractivity contribution in [3.8, 4) is 16.3 Å². The molecule has 0 atom stereocenters. The number of rotatable bonds is 8. The van der Waals surface area contributed by atoms with Crippen molar-refractivity contribution in [2.24, 2.45) is 10.9 Å². The summed E-state index contributed by atoms with van der Waals surface area (Å²) in [5.74, 6) is -0.596. The number of aromatic nitrogens is 2. The van der Waals surface area contributed by atoms with Gasteiger partial charge in [-0.2, -0.15) is 5.10 Å². The van der Waals surface area contributed by atoms with Crippen LogP contribution in [0.3, 0.4) is 0 Å². The fraction of sp³-hybridized carbons (Fsp3) is 0.348. The zero-order valence-electron chi connectivity index (χ0n) is 19.9. The lowest BCUT2D eigenvalue weighted by Gasteiger charge is -2.20. The van der Waals surface area contributed by atoms with Crippen LogP contribution in [0.2, 0.25) is 0 Å². The van der Waals surface area contributed by atoms with Gasteiger partial charge in [-0.25, -0.2) is 26.5 Å². The molecule has 1 aliphatic rings. The number of hydrogen-bond acceptors (Lipinski definition) is 9. The minimum absolute atomic E-state index is 0.0777. The number of nitrogens with zero attached hydrogens (tertiary/aromatic N) is 3. The number of aryl methyl sites for hydroxylation is 2. The van der Waals surface area contributed by atoms with Gasteiger partial charge in [0.15, 0.2) is 11.6 Å². The second-order valence-corrected chi connectivity index (χ2v) is 13.9. The topological polar surface area (TPSA) is 148 Å². The van der Waals surface area contributed by atoms with Gasteiger partial charge in [-0.05, 0) is 47.9 Å². The quantitative estimate of drug-likeness (QED) is 0.438. The highest BCUT2D eigenvalue weighted by molar-refractivity contribution is 7.90. The predicted molar refractivity (Wildman–Crippen MR) is 139 cm³/mol. The van der Waals surface area contributed by atoms with Crippen LogP contribution in [0.1, 0.15) is 31.4 Å². The van der Waals surface area contributed by atoms with E-state index < -0.39 is 31.2 Å². The van der Waals surface area contributed by atoms with Crippen molar-refractivity contribution in [2.75, 3.05) is 12.0 Å². The monoisotopic (exact) mass is 550 g/mol. The minimum Gasteiger partial charge on any atom is -0.505 e. The van der Waals surface area contributed by atoms with Crippen LogP contribution in [0.15, 0.2) is 50.4 Å². The first-order chi connectivity index (χ1) is 16.9. The summed E-state index contributed by atoms with van der Waals surface area (Å²) in [6, 6.07) is 7.95. The zero-order chi connectivity index (χ0) is 26.3. The number of thiophene rings is 1. The Labute approximate surface area is 213 Å². The molecule has 3 heterocycles. The van der Waals surface area contributed by atoms with Crippen LogP contribution in [0.4, 0.5) is 5.69 Å². The van der Waals surface area contributed by atoms with Crippen LogP contribution in [-0.2, 0) is 32.8 Å². The van der Waals surface area contributed by atoms with Gasteiger partial charge in [0, 0.05) is 12.8 Å². The third-order valence-electron chi connectivity index (χ3n) is 5.58. The van der Waals surface area contributed by atoms with E-state index in [-0.39, 0.29) is 52.3 Å². The molecule has 1 aromatic carbocycles. The number of aromatic hydroxyl groups is 1. The third kappa shape index (κ3) is 5.52. The Morgan fingerprint density at radius 1 is 1.22 bits per heavy atom. The first-order valence-corrected chi connectivity index (χ1v) is 15.6. The number of fused-ring (bicyclic) bond motifs is 1. The lowest BCUT2D eigenvalue weighted by Crippen LogP contribution is -2.39. The predicted octanol–water partition coefficient (Wildman–Crippen LogP) is 2.68. The molecule has 10 nitrogen and oxygen atoms in total. The van der Waals surface area contributed by atoms with Crippen molar-refractivity contribution in [1.82, 2.24) is 14.5 Å². The molecule has 36 heavy (non-hydrogen) atoms. The first kappa shape index (κ1) is 26.0. The van der Waals surface area contributed by atoms with E-state index in [2.05, 4.69) is 14.8 Å². The lowest BCUT2D eigenvalue weighted by atomic mass is 10.1. The molecule has 13 heteroatoms. The van der Waals surface area contributed by atoms with Gasteiger partial charge in [-0.3, -0.25) is 9.52 Å². The van der Waals surface area contributed by atoms with Gasteiger partial charge in [0.25, 0.3) is 15.6 Å². The van der Waals surface area contributed by atoms with Gasteiger partial charge in [-0.1, -0.05) is 26.0 Å². The average molecular weight is 551 g/mol. The fourth-order valence-corrected chi connectivity index (χ4v) is 6.17. The maximum absolute atomic E-state index is 13.4. The molecular weight excluding hydrogens is 524 g/mol. The molecule has 0 unspecified atom stereocenters. The van der Waals surface area contributed by atoms with Crippen LogP contribution < -0.4 is 10.3 Å². The second kappa shape index (κ2) is 9.79. The molecule has 0 fully saturated rings. The standard InChI is InChI=1S/C23H26N4O6S3/c1-14(2)8-10-27-23(29)19(21(28)20(25-27)17-5-4-11-34-17)22-24-16-7-6-15(9-12-35(3,30)31)13-18(16)36(32,33)26-22/h4-7,11,13-14,28H,8-10,12H2,1-3H3,(H,24,26). The first-order valence-electron chi connectivity index (χ1n) is 11.2. The van der Waals surface area contributed by atoms with Crippen LogP contribution >= 0.6 is 11.3 Å². The van der Waals surface area contributed by atoms with Gasteiger partial charge in [0.1, 0.15) is 26.0 Å². The number of nitrogens with one attached hydrogen (secondary N) is 1. The summed E-state index contributed by atoms with van der Waals surface area (Å²) in [4.78, 5) is 18.2. The minimum atomic E-state index is -4.16. The molecule has 4 rings (SSSR count). The Bertz CT molecular complexity index is 1610. The van der Waals surface area contributed by atoms with Gasteiger partial charge >= 0.3 is 0 Å². The number of sulfone groups is 1. The van der Waals surface area contributed by atoms with E-state index in [4.69, 9.17) is 0 Å². The molecule has 0 radical (unpaired) electrons. The van der Waals surface area contributed by atoms with Gasteiger partial charge in [-0.15, -0.1) is 11.3 Å². The Kier molecular flexibility index (Phi) is 7.08. The summed E-state index contributed by atoms with van der Waals surface area (Å²) in [7, 11) is -7.39. The van der Waals surface area contributed by atoms with Crippen molar-refractivity contribution >= 4 is 42.7 Å². The van der Waals surface area contributed by atoms with Crippen LogP contribution in [0, 0.1) is 5.92 Å². The number of hydrogen-bond donors (Lipinski definition) is 2. The molecule has 3 aromatic rings. The van der Waals surface area contributed by atoms with Crippen molar-refractivity contribution in [1.29, 1.82) is 0 Å². The van der Waals surface area contributed by atoms with E-state index in [9.17, 15) is 26.7 Å². The second-order valence-electron chi connectivity index (χ2n) is 9.01. The molecule has 0 spiro atoms. The van der Waals surface area contributed by atoms with Crippen molar-refractivity contribution in [3.05, 3.63) is 57.2 Å². The van der Waals surface area contributed by atoms with E-state index >= 15 is 0 Å². The van der Waals surface area contributed by atoms with E-state index in [1.165, 1.54) is 28.2 Å². The van der Waals surface area contributed by atoms with Crippen LogP contribution in [0.5, 0.6) is 5.75 Å². The largest absolute Gasteiger partial charge is 0.505 e. The molecule has 0 saturated heterocycles. The molecule has 0 saturated carbocycles. The highest BCUT2D eigenvalue weighted by Crippen LogP contribution is 2.35. The molecule has 0 amide bonds. The van der Waals surface area contributed by atoms with Crippen molar-refractivity contribution < 1.29 is 21.9 Å². The SMILES string of the molecule is CC(C)CCn1nc(-c2cccs2)c(O)c(C2=Nc3ccc(CCS(C)(=O)=O)cc3S(=O)(=O)N2)c1=O. The number of benzene rings is 1. The Balaban J connectivity index is 1.85. The molecule has 2 N–H and O–H groups in total. The van der Waals surface area contributed by atoms with Crippen molar-refractivity contribution in [3.63, 3.8) is 0 Å². The molecule has 0 bridgehead atoms. The molecular formula is C23H26N4O6S3. The smallest absolute Gasteiger partial charge is 0.281 e. The van der Waals surface area contributed by atoms with E-state index in [0.29, 0.717) is 16.9 Å².